The van der Waals surface area contributed by atoms with Gasteiger partial charge in [0.25, 0.3) is 0 Å². The molecule has 5 nitrogen and oxygen atoms in total. The van der Waals surface area contributed by atoms with E-state index in [1.807, 2.05) is 0 Å². The fraction of sp³-hybridized carbons (Fsp3) is 0.800. The number of hydrogen-bond donors (Lipinski definition) is 0. The van der Waals surface area contributed by atoms with Gasteiger partial charge in [-0.05, 0) is 20.8 Å². The summed E-state index contributed by atoms with van der Waals surface area (Å²) >= 11 is 0. The van der Waals surface area contributed by atoms with Crippen LogP contribution < -0.4 is 0 Å². The third-order valence-corrected chi connectivity index (χ3v) is 2.69. The molecule has 86 valence electrons. The van der Waals surface area contributed by atoms with Crippen LogP contribution in [-0.2, 0) is 9.53 Å². The Morgan fingerprint density at radius 3 is 2.60 bits per heavy atom. The smallest absolute Gasteiger partial charge is 0.410 e. The van der Waals surface area contributed by atoms with Crippen LogP contribution in [0.15, 0.2) is 0 Å². The van der Waals surface area contributed by atoms with Crippen molar-refractivity contribution in [2.75, 3.05) is 26.7 Å². The second kappa shape index (κ2) is 4.08. The lowest BCUT2D eigenvalue weighted by atomic mass is 9.98. The molecular weight excluding hydrogens is 196 g/mol. The molecule has 0 bridgehead atoms. The number of carbonyl (C=O) groups is 2. The van der Waals surface area contributed by atoms with Crippen LogP contribution in [0.1, 0.15) is 20.8 Å². The van der Waals surface area contributed by atoms with Crippen molar-refractivity contribution in [3.63, 3.8) is 0 Å². The average Bonchev–Trinajstić information content (AvgIpc) is 2.14. The predicted molar refractivity (Wildman–Crippen MR) is 55.4 cm³/mol. The highest BCUT2D eigenvalue weighted by molar-refractivity contribution is 5.90. The van der Waals surface area contributed by atoms with E-state index in [4.69, 9.17) is 4.74 Å². The van der Waals surface area contributed by atoms with E-state index in [2.05, 4.69) is 0 Å². The highest BCUT2D eigenvalue weighted by Gasteiger charge is 2.43. The molecule has 0 unspecified atom stereocenters. The van der Waals surface area contributed by atoms with Crippen LogP contribution in [0.5, 0.6) is 0 Å². The Kier molecular flexibility index (Phi) is 3.21. The molecule has 0 aromatic heterocycles. The van der Waals surface area contributed by atoms with E-state index in [1.54, 1.807) is 32.7 Å². The molecule has 0 saturated carbocycles. The normalized spacial score (nSPS) is 20.4. The number of carbonyl (C=O) groups excluding carboxylic acids is 2. The van der Waals surface area contributed by atoms with Gasteiger partial charge >= 0.3 is 6.09 Å². The van der Waals surface area contributed by atoms with E-state index in [-0.39, 0.29) is 5.91 Å². The van der Waals surface area contributed by atoms with Gasteiger partial charge in [0, 0.05) is 20.1 Å². The first-order chi connectivity index (χ1) is 6.91. The SMILES string of the molecule is CCOC(=O)N1CCN(C)C(=O)C1(C)C. The molecule has 15 heavy (non-hydrogen) atoms. The molecule has 0 atom stereocenters. The fourth-order valence-corrected chi connectivity index (χ4v) is 1.73. The number of ether oxygens (including phenoxy) is 1. The molecule has 1 heterocycles. The summed E-state index contributed by atoms with van der Waals surface area (Å²) in [7, 11) is 1.74. The van der Waals surface area contributed by atoms with Crippen molar-refractivity contribution in [2.45, 2.75) is 26.3 Å². The minimum absolute atomic E-state index is 0.0539. The van der Waals surface area contributed by atoms with Crippen LogP contribution in [0.3, 0.4) is 0 Å². The fourth-order valence-electron chi connectivity index (χ4n) is 1.73. The zero-order valence-corrected chi connectivity index (χ0v) is 9.74. The lowest BCUT2D eigenvalue weighted by Gasteiger charge is -2.43. The first-order valence-electron chi connectivity index (χ1n) is 5.11. The van der Waals surface area contributed by atoms with Crippen LogP contribution in [-0.4, -0.2) is 54.1 Å². The van der Waals surface area contributed by atoms with Crippen molar-refractivity contribution in [1.29, 1.82) is 0 Å². The Hall–Kier alpha value is -1.26. The van der Waals surface area contributed by atoms with Gasteiger partial charge in [0.2, 0.25) is 5.91 Å². The summed E-state index contributed by atoms with van der Waals surface area (Å²) < 4.78 is 4.92. The lowest BCUT2D eigenvalue weighted by Crippen LogP contribution is -2.63. The molecule has 1 aliphatic heterocycles. The van der Waals surface area contributed by atoms with E-state index in [0.717, 1.165) is 0 Å². The minimum atomic E-state index is -0.806. The van der Waals surface area contributed by atoms with Gasteiger partial charge < -0.3 is 9.64 Å². The maximum absolute atomic E-state index is 11.8. The average molecular weight is 214 g/mol. The number of hydrogen-bond acceptors (Lipinski definition) is 3. The first-order valence-corrected chi connectivity index (χ1v) is 5.11. The summed E-state index contributed by atoms with van der Waals surface area (Å²) in [4.78, 5) is 26.6. The molecule has 0 radical (unpaired) electrons. The van der Waals surface area contributed by atoms with Crippen LogP contribution in [0.25, 0.3) is 0 Å². The maximum Gasteiger partial charge on any atom is 0.410 e. The van der Waals surface area contributed by atoms with Crippen molar-refractivity contribution in [3.05, 3.63) is 0 Å². The standard InChI is InChI=1S/C10H18N2O3/c1-5-15-9(14)12-7-6-11(4)8(13)10(12,2)3/h5-7H2,1-4H3. The van der Waals surface area contributed by atoms with Gasteiger partial charge in [-0.15, -0.1) is 0 Å². The van der Waals surface area contributed by atoms with Crippen molar-refractivity contribution in [3.8, 4) is 0 Å². The zero-order valence-electron chi connectivity index (χ0n) is 9.74. The van der Waals surface area contributed by atoms with Crippen LogP contribution >= 0.6 is 0 Å². The van der Waals surface area contributed by atoms with E-state index < -0.39 is 11.6 Å². The van der Waals surface area contributed by atoms with Crippen molar-refractivity contribution in [2.24, 2.45) is 0 Å². The summed E-state index contributed by atoms with van der Waals surface area (Å²) in [6.07, 6.45) is -0.413. The highest BCUT2D eigenvalue weighted by atomic mass is 16.6. The van der Waals surface area contributed by atoms with Gasteiger partial charge in [0.1, 0.15) is 5.54 Å². The Balaban J connectivity index is 2.82. The first kappa shape index (κ1) is 11.8. The Bertz CT molecular complexity index is 276. The minimum Gasteiger partial charge on any atom is -0.450 e. The van der Waals surface area contributed by atoms with E-state index in [0.29, 0.717) is 19.7 Å². The maximum atomic E-state index is 11.8. The highest BCUT2D eigenvalue weighted by Crippen LogP contribution is 2.22. The van der Waals surface area contributed by atoms with Gasteiger partial charge in [-0.2, -0.15) is 0 Å². The number of amides is 2. The van der Waals surface area contributed by atoms with Gasteiger partial charge in [0.05, 0.1) is 6.61 Å². The molecule has 0 aromatic rings. The van der Waals surface area contributed by atoms with Crippen LogP contribution in [0.4, 0.5) is 4.79 Å². The summed E-state index contributed by atoms with van der Waals surface area (Å²) in [6, 6.07) is 0. The molecule has 2 amide bonds. The van der Waals surface area contributed by atoms with Gasteiger partial charge in [-0.1, -0.05) is 0 Å². The molecule has 1 saturated heterocycles. The van der Waals surface area contributed by atoms with Crippen LogP contribution in [0.2, 0.25) is 0 Å². The quantitative estimate of drug-likeness (QED) is 0.645. The second-order valence-electron chi connectivity index (χ2n) is 4.14. The Morgan fingerprint density at radius 2 is 2.07 bits per heavy atom. The zero-order chi connectivity index (χ0) is 11.6. The predicted octanol–water partition coefficient (Wildman–Crippen LogP) is 0.696. The Labute approximate surface area is 90.0 Å². The monoisotopic (exact) mass is 214 g/mol. The van der Waals surface area contributed by atoms with Crippen molar-refractivity contribution < 1.29 is 14.3 Å². The lowest BCUT2D eigenvalue weighted by molar-refractivity contribution is -0.145. The molecule has 0 aromatic carbocycles. The summed E-state index contributed by atoms with van der Waals surface area (Å²) in [5.74, 6) is -0.0539. The third-order valence-electron chi connectivity index (χ3n) is 2.69. The third kappa shape index (κ3) is 2.06. The number of piperazine rings is 1. The van der Waals surface area contributed by atoms with Gasteiger partial charge in [-0.3, -0.25) is 9.69 Å². The van der Waals surface area contributed by atoms with Crippen molar-refractivity contribution >= 4 is 12.0 Å². The molecule has 1 rings (SSSR count). The molecule has 0 N–H and O–H groups in total. The second-order valence-corrected chi connectivity index (χ2v) is 4.14. The van der Waals surface area contributed by atoms with Crippen LogP contribution in [0, 0.1) is 0 Å². The van der Waals surface area contributed by atoms with E-state index in [1.165, 1.54) is 4.90 Å². The van der Waals surface area contributed by atoms with E-state index in [9.17, 15) is 9.59 Å². The van der Waals surface area contributed by atoms with Gasteiger partial charge in [-0.25, -0.2) is 4.79 Å². The van der Waals surface area contributed by atoms with E-state index >= 15 is 0 Å². The molecule has 0 spiro atoms. The molecule has 1 aliphatic rings. The van der Waals surface area contributed by atoms with Gasteiger partial charge in [0.15, 0.2) is 0 Å². The summed E-state index contributed by atoms with van der Waals surface area (Å²) in [5, 5.41) is 0. The number of rotatable bonds is 1. The van der Waals surface area contributed by atoms with Crippen molar-refractivity contribution in [1.82, 2.24) is 9.80 Å². The summed E-state index contributed by atoms with van der Waals surface area (Å²) in [6.45, 7) is 6.64. The molecule has 5 heteroatoms. The molecule has 0 aliphatic carbocycles. The summed E-state index contributed by atoms with van der Waals surface area (Å²) in [5.41, 5.74) is -0.806. The largest absolute Gasteiger partial charge is 0.450 e. The topological polar surface area (TPSA) is 49.9 Å². The Morgan fingerprint density at radius 1 is 1.47 bits per heavy atom. The number of nitrogens with zero attached hydrogens (tertiary/aromatic N) is 2. The number of likely N-dealkylation sites (N-methyl/N-ethyl adjacent to an activating group) is 1. The molecule has 1 fully saturated rings. The molecular formula is C10H18N2O3.